The lowest BCUT2D eigenvalue weighted by Crippen LogP contribution is -2.18. The Labute approximate surface area is 207 Å². The van der Waals surface area contributed by atoms with E-state index in [1.165, 1.54) is 22.3 Å². The van der Waals surface area contributed by atoms with E-state index in [1.54, 1.807) is 7.11 Å². The highest BCUT2D eigenvalue weighted by Crippen LogP contribution is 2.41. The number of fused-ring (bicyclic) bond motifs is 1. The van der Waals surface area contributed by atoms with Gasteiger partial charge in [-0.05, 0) is 65.6 Å². The summed E-state index contributed by atoms with van der Waals surface area (Å²) in [5, 5.41) is 0. The highest BCUT2D eigenvalue weighted by atomic mass is 16.5. The van der Waals surface area contributed by atoms with Crippen molar-refractivity contribution in [3.63, 3.8) is 0 Å². The van der Waals surface area contributed by atoms with Crippen LogP contribution in [-0.2, 0) is 26.2 Å². The average Bonchev–Trinajstić information content (AvgIpc) is 3.21. The van der Waals surface area contributed by atoms with E-state index < -0.39 is 0 Å². The quantitative estimate of drug-likeness (QED) is 0.279. The van der Waals surface area contributed by atoms with E-state index in [9.17, 15) is 0 Å². The van der Waals surface area contributed by atoms with Crippen LogP contribution < -0.4 is 14.2 Å². The topological polar surface area (TPSA) is 30.9 Å². The van der Waals surface area contributed by atoms with E-state index in [0.717, 1.165) is 35.8 Å². The monoisotopic (exact) mass is 465 g/mol. The lowest BCUT2D eigenvalue weighted by atomic mass is 9.97. The fourth-order valence-corrected chi connectivity index (χ4v) is 4.64. The Kier molecular flexibility index (Phi) is 7.01. The molecule has 0 fully saturated rings. The summed E-state index contributed by atoms with van der Waals surface area (Å²) in [4.78, 5) is 2.39. The molecule has 0 unspecified atom stereocenters. The van der Waals surface area contributed by atoms with E-state index >= 15 is 0 Å². The molecule has 0 amide bonds. The molecule has 1 atom stereocenters. The molecule has 178 valence electrons. The highest BCUT2D eigenvalue weighted by molar-refractivity contribution is 5.50. The molecular formula is C31H31NO3. The molecule has 4 aromatic carbocycles. The summed E-state index contributed by atoms with van der Waals surface area (Å²) in [6.07, 6.45) is 0.924. The van der Waals surface area contributed by atoms with Gasteiger partial charge in [-0.25, -0.2) is 0 Å². The predicted molar refractivity (Wildman–Crippen MR) is 139 cm³/mol. The summed E-state index contributed by atoms with van der Waals surface area (Å²) in [6, 6.07) is 33.5. The van der Waals surface area contributed by atoms with Gasteiger partial charge in [-0.15, -0.1) is 0 Å². The second-order valence-corrected chi connectivity index (χ2v) is 9.03. The summed E-state index contributed by atoms with van der Waals surface area (Å²) < 4.78 is 17.8. The van der Waals surface area contributed by atoms with E-state index in [-0.39, 0.29) is 6.04 Å². The first-order valence-electron chi connectivity index (χ1n) is 12.0. The average molecular weight is 466 g/mol. The minimum absolute atomic E-state index is 0.283. The fourth-order valence-electron chi connectivity index (χ4n) is 4.64. The minimum atomic E-state index is 0.283. The molecule has 1 aliphatic heterocycles. The van der Waals surface area contributed by atoms with E-state index in [1.807, 2.05) is 36.4 Å². The van der Waals surface area contributed by atoms with Gasteiger partial charge in [0.25, 0.3) is 0 Å². The Morgan fingerprint density at radius 3 is 1.97 bits per heavy atom. The summed E-state index contributed by atoms with van der Waals surface area (Å²) in [6.45, 7) is 1.99. The van der Waals surface area contributed by atoms with Crippen LogP contribution in [0.5, 0.6) is 17.2 Å². The third-order valence-electron chi connectivity index (χ3n) is 6.57. The van der Waals surface area contributed by atoms with Crippen molar-refractivity contribution in [2.45, 2.75) is 32.2 Å². The van der Waals surface area contributed by atoms with Crippen LogP contribution in [-0.4, -0.2) is 19.1 Å². The van der Waals surface area contributed by atoms with Gasteiger partial charge in [0, 0.05) is 12.6 Å². The molecule has 0 aliphatic carbocycles. The SMILES string of the molecule is COc1cc2c(cc1OCc1ccccc1)[C@@H](Cc1ccc(OCc3ccccc3)cc1)N(C)C2. The van der Waals surface area contributed by atoms with Gasteiger partial charge in [0.05, 0.1) is 7.11 Å². The summed E-state index contributed by atoms with van der Waals surface area (Å²) >= 11 is 0. The second kappa shape index (κ2) is 10.7. The normalized spacial score (nSPS) is 15.0. The number of likely N-dealkylation sites (N-methyl/N-ethyl adjacent to an activating group) is 1. The van der Waals surface area contributed by atoms with Gasteiger partial charge in [-0.1, -0.05) is 72.8 Å². The van der Waals surface area contributed by atoms with Crippen LogP contribution in [0, 0.1) is 0 Å². The molecule has 0 radical (unpaired) electrons. The highest BCUT2D eigenvalue weighted by Gasteiger charge is 2.29. The zero-order valence-electron chi connectivity index (χ0n) is 20.3. The summed E-state index contributed by atoms with van der Waals surface area (Å²) in [5.74, 6) is 2.47. The number of nitrogens with zero attached hydrogens (tertiary/aromatic N) is 1. The van der Waals surface area contributed by atoms with Crippen molar-refractivity contribution in [2.75, 3.05) is 14.2 Å². The largest absolute Gasteiger partial charge is 0.493 e. The number of rotatable bonds is 9. The van der Waals surface area contributed by atoms with E-state index in [2.05, 4.69) is 72.6 Å². The molecule has 0 N–H and O–H groups in total. The number of hydrogen-bond acceptors (Lipinski definition) is 4. The molecule has 4 heteroatoms. The summed E-state index contributed by atoms with van der Waals surface area (Å²) in [7, 11) is 3.88. The molecule has 1 aliphatic rings. The van der Waals surface area contributed by atoms with Gasteiger partial charge in [0.2, 0.25) is 0 Å². The Morgan fingerprint density at radius 2 is 1.34 bits per heavy atom. The number of ether oxygens (including phenoxy) is 3. The number of hydrogen-bond donors (Lipinski definition) is 0. The minimum Gasteiger partial charge on any atom is -0.493 e. The standard InChI is InChI=1S/C31H31NO3/c1-32-20-26-18-30(33-2)31(35-22-25-11-7-4-8-12-25)19-28(26)29(32)17-23-13-15-27(16-14-23)34-21-24-9-5-3-6-10-24/h3-16,18-19,29H,17,20-22H2,1-2H3/t29-/m1/s1. The van der Waals surface area contributed by atoms with E-state index in [0.29, 0.717) is 13.2 Å². The first kappa shape index (κ1) is 23.0. The van der Waals surface area contributed by atoms with Gasteiger partial charge in [0.1, 0.15) is 19.0 Å². The smallest absolute Gasteiger partial charge is 0.162 e. The predicted octanol–water partition coefficient (Wildman–Crippen LogP) is 6.58. The zero-order valence-corrected chi connectivity index (χ0v) is 20.3. The van der Waals surface area contributed by atoms with Crippen molar-refractivity contribution in [3.8, 4) is 17.2 Å². The number of methoxy groups -OCH3 is 1. The Hall–Kier alpha value is -3.76. The van der Waals surface area contributed by atoms with Crippen molar-refractivity contribution in [1.82, 2.24) is 4.90 Å². The van der Waals surface area contributed by atoms with Gasteiger partial charge in [-0.2, -0.15) is 0 Å². The first-order chi connectivity index (χ1) is 17.2. The number of benzene rings is 4. The maximum absolute atomic E-state index is 6.19. The third-order valence-corrected chi connectivity index (χ3v) is 6.57. The molecule has 1 heterocycles. The van der Waals surface area contributed by atoms with Crippen molar-refractivity contribution >= 4 is 0 Å². The lowest BCUT2D eigenvalue weighted by molar-refractivity contribution is 0.265. The van der Waals surface area contributed by atoms with Crippen LogP contribution in [0.15, 0.2) is 97.1 Å². The molecule has 4 aromatic rings. The molecule has 0 saturated heterocycles. The van der Waals surface area contributed by atoms with Gasteiger partial charge >= 0.3 is 0 Å². The van der Waals surface area contributed by atoms with Crippen molar-refractivity contribution in [1.29, 1.82) is 0 Å². The summed E-state index contributed by atoms with van der Waals surface area (Å²) in [5.41, 5.74) is 6.19. The maximum atomic E-state index is 6.19. The van der Waals surface area contributed by atoms with Crippen LogP contribution in [0.2, 0.25) is 0 Å². The first-order valence-corrected chi connectivity index (χ1v) is 12.0. The fraction of sp³-hybridized carbons (Fsp3) is 0.226. The Balaban J connectivity index is 1.28. The van der Waals surface area contributed by atoms with Crippen LogP contribution in [0.3, 0.4) is 0 Å². The van der Waals surface area contributed by atoms with Gasteiger partial charge < -0.3 is 14.2 Å². The van der Waals surface area contributed by atoms with Crippen LogP contribution in [0.4, 0.5) is 0 Å². The van der Waals surface area contributed by atoms with Crippen molar-refractivity contribution < 1.29 is 14.2 Å². The molecule has 0 spiro atoms. The van der Waals surface area contributed by atoms with Crippen molar-refractivity contribution in [3.05, 3.63) is 125 Å². The zero-order chi connectivity index (χ0) is 24.0. The van der Waals surface area contributed by atoms with Crippen LogP contribution in [0.1, 0.15) is 33.9 Å². The van der Waals surface area contributed by atoms with Gasteiger partial charge in [-0.3, -0.25) is 4.90 Å². The maximum Gasteiger partial charge on any atom is 0.162 e. The molecule has 4 nitrogen and oxygen atoms in total. The van der Waals surface area contributed by atoms with Crippen LogP contribution in [0.25, 0.3) is 0 Å². The third kappa shape index (κ3) is 5.50. The second-order valence-electron chi connectivity index (χ2n) is 9.03. The molecule has 5 rings (SSSR count). The molecule has 0 aromatic heterocycles. The molecule has 0 saturated carbocycles. The van der Waals surface area contributed by atoms with Crippen LogP contribution >= 0.6 is 0 Å². The molecule has 0 bridgehead atoms. The Bertz CT molecular complexity index is 1240. The molecular weight excluding hydrogens is 434 g/mol. The van der Waals surface area contributed by atoms with E-state index in [4.69, 9.17) is 14.2 Å². The van der Waals surface area contributed by atoms with Gasteiger partial charge in [0.15, 0.2) is 11.5 Å². The molecule has 35 heavy (non-hydrogen) atoms. The Morgan fingerprint density at radius 1 is 0.714 bits per heavy atom. The van der Waals surface area contributed by atoms with Crippen molar-refractivity contribution in [2.24, 2.45) is 0 Å². The lowest BCUT2D eigenvalue weighted by Gasteiger charge is -2.21.